The first-order valence-electron chi connectivity index (χ1n) is 7.67. The van der Waals surface area contributed by atoms with Crippen LogP contribution in [-0.4, -0.2) is 32.4 Å². The minimum atomic E-state index is -0.310. The molecule has 0 aliphatic rings. The number of nitrogens with zero attached hydrogens (tertiary/aromatic N) is 12. The summed E-state index contributed by atoms with van der Waals surface area (Å²) in [6.07, 6.45) is 1.72. The Kier molecular flexibility index (Phi) is 4.94. The topological polar surface area (TPSA) is 219 Å². The third kappa shape index (κ3) is 2.94. The molecule has 30 heavy (non-hydrogen) atoms. The number of hydrogen-bond donors (Lipinski definition) is 0. The van der Waals surface area contributed by atoms with Gasteiger partial charge >= 0.3 is 0 Å². The molecule has 2 aromatic heterocycles. The van der Waals surface area contributed by atoms with Crippen molar-refractivity contribution in [2.75, 3.05) is 0 Å². The van der Waals surface area contributed by atoms with E-state index < -0.39 is 0 Å². The molecule has 0 N–H and O–H groups in total. The predicted molar refractivity (Wildman–Crippen MR) is 99.0 cm³/mol. The molecule has 12 nitrogen and oxygen atoms in total. The Morgan fingerprint density at radius 3 is 1.07 bits per heavy atom. The first kappa shape index (κ1) is 19.0. The average Bonchev–Trinajstić information content (AvgIpc) is 2.79. The molecule has 3 rings (SSSR count). The van der Waals surface area contributed by atoms with Crippen LogP contribution in [0, 0.1) is 68.0 Å². The van der Waals surface area contributed by atoms with Crippen molar-refractivity contribution < 1.29 is 0 Å². The van der Waals surface area contributed by atoms with Gasteiger partial charge in [0.05, 0.1) is 0 Å². The van der Waals surface area contributed by atoms with Gasteiger partial charge < -0.3 is 0 Å². The highest BCUT2D eigenvalue weighted by Crippen LogP contribution is 2.41. The second kappa shape index (κ2) is 7.82. The first-order valence-corrected chi connectivity index (χ1v) is 7.67. The lowest BCUT2D eigenvalue weighted by Gasteiger charge is -2.10. The quantitative estimate of drug-likeness (QED) is 0.456. The number of rotatable bonds is 2. The third-order valence-corrected chi connectivity index (χ3v) is 3.62. The summed E-state index contributed by atoms with van der Waals surface area (Å²) in [6, 6.07) is 10.4. The van der Waals surface area contributed by atoms with E-state index in [1.54, 1.807) is 36.4 Å². The largest absolute Gasteiger partial charge is 0.241 e. The lowest BCUT2D eigenvalue weighted by atomic mass is 10.1. The van der Waals surface area contributed by atoms with Crippen molar-refractivity contribution in [3.8, 4) is 36.4 Å². The summed E-state index contributed by atoms with van der Waals surface area (Å²) in [5, 5.41) is 54.9. The number of fused-ring (bicyclic) bond motifs is 3. The van der Waals surface area contributed by atoms with Crippen LogP contribution < -0.4 is 0 Å². The van der Waals surface area contributed by atoms with Gasteiger partial charge in [-0.3, -0.25) is 0 Å². The molecule has 0 saturated heterocycles. The maximum Gasteiger partial charge on any atom is 0.177 e. The van der Waals surface area contributed by atoms with Crippen molar-refractivity contribution in [1.29, 1.82) is 31.6 Å². The smallest absolute Gasteiger partial charge is 0.177 e. The summed E-state index contributed by atoms with van der Waals surface area (Å²) < 4.78 is 0. The number of aliphatic imine (C=N–C) groups is 2. The Balaban J connectivity index is 2.73. The molecule has 3 aromatic rings. The second-order valence-electron chi connectivity index (χ2n) is 5.16. The number of aromatic nitrogens is 4. The summed E-state index contributed by atoms with van der Waals surface area (Å²) in [6.45, 7) is 0. The fourth-order valence-corrected chi connectivity index (χ4v) is 2.50. The summed E-state index contributed by atoms with van der Waals surface area (Å²) in [5.74, 6) is 0. The number of hydrogen-bond acceptors (Lipinski definition) is 12. The number of nitriles is 6. The van der Waals surface area contributed by atoms with Gasteiger partial charge in [-0.05, 0) is 0 Å². The van der Waals surface area contributed by atoms with E-state index in [1.807, 2.05) is 0 Å². The van der Waals surface area contributed by atoms with Crippen molar-refractivity contribution >= 4 is 45.9 Å². The molecule has 0 bridgehead atoms. The molecule has 0 saturated carbocycles. The van der Waals surface area contributed by atoms with Gasteiger partial charge in [0.1, 0.15) is 82.3 Å². The molecule has 0 aliphatic heterocycles. The molecule has 1 aromatic carbocycles. The van der Waals surface area contributed by atoms with Gasteiger partial charge in [0.25, 0.3) is 0 Å². The zero-order valence-electron chi connectivity index (χ0n) is 14.5. The molecular weight excluding hydrogens is 384 g/mol. The van der Waals surface area contributed by atoms with Crippen molar-refractivity contribution in [3.63, 3.8) is 0 Å². The van der Waals surface area contributed by atoms with Crippen molar-refractivity contribution in [2.24, 2.45) is 9.98 Å². The molecule has 2 heterocycles. The van der Waals surface area contributed by atoms with E-state index in [4.69, 9.17) is 10.5 Å². The van der Waals surface area contributed by atoms with Crippen LogP contribution in [0.1, 0.15) is 22.8 Å². The normalized spacial score (nSPS) is 10.2. The fourth-order valence-electron chi connectivity index (χ4n) is 2.50. The van der Waals surface area contributed by atoms with Crippen LogP contribution in [-0.2, 0) is 0 Å². The van der Waals surface area contributed by atoms with Crippen LogP contribution in [0.2, 0.25) is 0 Å². The van der Waals surface area contributed by atoms with Crippen molar-refractivity contribution in [3.05, 3.63) is 22.8 Å². The van der Waals surface area contributed by atoms with Crippen molar-refractivity contribution in [2.45, 2.75) is 0 Å². The van der Waals surface area contributed by atoms with E-state index in [0.29, 0.717) is 0 Å². The Morgan fingerprint density at radius 1 is 0.500 bits per heavy atom. The predicted octanol–water partition coefficient (Wildman–Crippen LogP) is 1.51. The maximum absolute atomic E-state index is 9.28. The summed E-state index contributed by atoms with van der Waals surface area (Å²) in [7, 11) is 0. The average molecular weight is 386 g/mol. The molecule has 0 unspecified atom stereocenters. The monoisotopic (exact) mass is 386 g/mol. The van der Waals surface area contributed by atoms with Crippen LogP contribution >= 0.6 is 0 Å². The molecular formula is C18H2N12. The summed E-state index contributed by atoms with van der Waals surface area (Å²) >= 11 is 0. The molecule has 12 heteroatoms. The Labute approximate surface area is 167 Å². The van der Waals surface area contributed by atoms with E-state index in [1.165, 1.54) is 0 Å². The van der Waals surface area contributed by atoms with E-state index in [-0.39, 0.29) is 56.2 Å². The fraction of sp³-hybridized carbons (Fsp3) is 0. The van der Waals surface area contributed by atoms with E-state index in [9.17, 15) is 21.0 Å². The maximum atomic E-state index is 9.28. The summed E-state index contributed by atoms with van der Waals surface area (Å²) in [4.78, 5) is 24.3. The molecule has 0 atom stereocenters. The minimum absolute atomic E-state index is 0.0463. The van der Waals surface area contributed by atoms with Gasteiger partial charge in [-0.1, -0.05) is 0 Å². The molecule has 134 valence electrons. The SMILES string of the molecule is N#CC=Nc1c(N=CC#N)c2nc(C#N)c(C#N)nc2c2nc(C#N)c(C#N)nc12. The van der Waals surface area contributed by atoms with Crippen LogP contribution in [0.15, 0.2) is 9.98 Å². The molecule has 0 radical (unpaired) electrons. The highest BCUT2D eigenvalue weighted by atomic mass is 14.9. The number of benzene rings is 1. The van der Waals surface area contributed by atoms with Crippen LogP contribution in [0.3, 0.4) is 0 Å². The second-order valence-corrected chi connectivity index (χ2v) is 5.16. The lowest BCUT2D eigenvalue weighted by molar-refractivity contribution is 1.17. The summed E-state index contributed by atoms with van der Waals surface area (Å²) in [5.41, 5.74) is -1.60. The highest BCUT2D eigenvalue weighted by Gasteiger charge is 2.22. The zero-order valence-corrected chi connectivity index (χ0v) is 14.5. The third-order valence-electron chi connectivity index (χ3n) is 3.62. The lowest BCUT2D eigenvalue weighted by Crippen LogP contribution is -2.02. The standard InChI is InChI=1S/C18H2N12/c19-1-3-25-13-14(26-4-2-20)16-18(30-12(8-24)10(6-22)28-16)17-15(13)27-9(5-21)11(7-23)29-17/h3-4H. The molecule has 0 aliphatic carbocycles. The van der Waals surface area contributed by atoms with Gasteiger partial charge in [0.2, 0.25) is 0 Å². The Morgan fingerprint density at radius 2 is 0.800 bits per heavy atom. The molecule has 0 fully saturated rings. The van der Waals surface area contributed by atoms with E-state index in [2.05, 4.69) is 29.9 Å². The van der Waals surface area contributed by atoms with Crippen LogP contribution in [0.4, 0.5) is 11.4 Å². The van der Waals surface area contributed by atoms with Crippen LogP contribution in [0.5, 0.6) is 0 Å². The Bertz CT molecular complexity index is 1430. The van der Waals surface area contributed by atoms with E-state index >= 15 is 0 Å². The van der Waals surface area contributed by atoms with Crippen molar-refractivity contribution in [1.82, 2.24) is 19.9 Å². The zero-order chi connectivity index (χ0) is 21.7. The molecule has 0 amide bonds. The Hall–Kier alpha value is -5.82. The minimum Gasteiger partial charge on any atom is -0.241 e. The highest BCUT2D eigenvalue weighted by molar-refractivity contribution is 6.14. The van der Waals surface area contributed by atoms with Crippen LogP contribution in [0.25, 0.3) is 22.1 Å². The van der Waals surface area contributed by atoms with Gasteiger partial charge in [0, 0.05) is 0 Å². The van der Waals surface area contributed by atoms with Gasteiger partial charge in [-0.15, -0.1) is 0 Å². The van der Waals surface area contributed by atoms with Gasteiger partial charge in [-0.25, -0.2) is 29.9 Å². The first-order chi connectivity index (χ1) is 14.6. The van der Waals surface area contributed by atoms with E-state index in [0.717, 1.165) is 12.4 Å². The van der Waals surface area contributed by atoms with Gasteiger partial charge in [-0.2, -0.15) is 31.6 Å². The molecule has 0 spiro atoms. The van der Waals surface area contributed by atoms with Gasteiger partial charge in [0.15, 0.2) is 22.8 Å².